The van der Waals surface area contributed by atoms with Crippen LogP contribution in [0.2, 0.25) is 0 Å². The first-order valence-electron chi connectivity index (χ1n) is 7.78. The van der Waals surface area contributed by atoms with Gasteiger partial charge in [-0.2, -0.15) is 0 Å². The van der Waals surface area contributed by atoms with Crippen LogP contribution in [0, 0.1) is 6.92 Å². The zero-order valence-corrected chi connectivity index (χ0v) is 15.9. The number of nitrogens with zero attached hydrogens (tertiary/aromatic N) is 5. The molecule has 0 saturated carbocycles. The number of hydrogen-bond donors (Lipinski definition) is 0. The van der Waals surface area contributed by atoms with Crippen molar-refractivity contribution in [3.05, 3.63) is 70.0 Å². The molecule has 0 atom stereocenters. The number of rotatable bonds is 5. The molecular weight excluding hydrogens is 382 g/mol. The lowest BCUT2D eigenvalue weighted by Crippen LogP contribution is -2.17. The van der Waals surface area contributed by atoms with Gasteiger partial charge in [0, 0.05) is 16.2 Å². The van der Waals surface area contributed by atoms with Crippen molar-refractivity contribution in [3.63, 3.8) is 0 Å². The van der Waals surface area contributed by atoms with Crippen LogP contribution in [0.25, 0.3) is 5.69 Å². The fourth-order valence-electron chi connectivity index (χ4n) is 2.62. The minimum Gasteiger partial charge on any atom is -0.302 e. The van der Waals surface area contributed by atoms with Crippen LogP contribution in [0.3, 0.4) is 0 Å². The standard InChI is InChI=1S/C18H18BrN5O/c1-12-21-22-17(11-23(2)3)24(12)16-8-7-13(19)10-14(16)18(25)15-6-4-5-9-20-15/h4-10H,11H2,1-3H3. The van der Waals surface area contributed by atoms with Gasteiger partial charge >= 0.3 is 0 Å². The van der Waals surface area contributed by atoms with Gasteiger partial charge < -0.3 is 4.90 Å². The van der Waals surface area contributed by atoms with Crippen LogP contribution >= 0.6 is 15.9 Å². The quantitative estimate of drug-likeness (QED) is 0.616. The van der Waals surface area contributed by atoms with Gasteiger partial charge in [0.2, 0.25) is 5.78 Å². The van der Waals surface area contributed by atoms with Crippen molar-refractivity contribution in [2.24, 2.45) is 0 Å². The third-order valence-corrected chi connectivity index (χ3v) is 4.18. The van der Waals surface area contributed by atoms with Crippen LogP contribution < -0.4 is 0 Å². The molecule has 128 valence electrons. The Balaban J connectivity index is 2.16. The lowest BCUT2D eigenvalue weighted by molar-refractivity contribution is 0.103. The fraction of sp³-hybridized carbons (Fsp3) is 0.222. The van der Waals surface area contributed by atoms with Crippen LogP contribution in [0.4, 0.5) is 0 Å². The minimum atomic E-state index is -0.138. The van der Waals surface area contributed by atoms with Gasteiger partial charge in [-0.05, 0) is 51.4 Å². The number of carbonyl (C=O) groups is 1. The molecule has 0 unspecified atom stereocenters. The molecule has 2 heterocycles. The number of pyridine rings is 1. The van der Waals surface area contributed by atoms with Crippen LogP contribution in [0.15, 0.2) is 47.1 Å². The van der Waals surface area contributed by atoms with E-state index in [1.54, 1.807) is 24.4 Å². The first-order chi connectivity index (χ1) is 12.0. The monoisotopic (exact) mass is 399 g/mol. The van der Waals surface area contributed by atoms with Gasteiger partial charge in [0.25, 0.3) is 0 Å². The van der Waals surface area contributed by atoms with Gasteiger partial charge in [-0.3, -0.25) is 14.3 Å². The molecule has 3 aromatic rings. The molecule has 0 fully saturated rings. The van der Waals surface area contributed by atoms with E-state index in [1.165, 1.54) is 0 Å². The number of carbonyl (C=O) groups excluding carboxylic acids is 1. The molecular formula is C18H18BrN5O. The maximum atomic E-state index is 13.0. The van der Waals surface area contributed by atoms with Crippen molar-refractivity contribution in [1.82, 2.24) is 24.6 Å². The van der Waals surface area contributed by atoms with Crippen LogP contribution in [-0.4, -0.2) is 44.5 Å². The number of hydrogen-bond acceptors (Lipinski definition) is 5. The second-order valence-electron chi connectivity index (χ2n) is 5.94. The van der Waals surface area contributed by atoms with E-state index in [0.717, 1.165) is 21.8 Å². The summed E-state index contributed by atoms with van der Waals surface area (Å²) in [6.07, 6.45) is 1.62. The Morgan fingerprint density at radius 3 is 2.68 bits per heavy atom. The zero-order valence-electron chi connectivity index (χ0n) is 14.3. The zero-order chi connectivity index (χ0) is 18.0. The Bertz CT molecular complexity index is 905. The van der Waals surface area contributed by atoms with E-state index in [4.69, 9.17) is 0 Å². The lowest BCUT2D eigenvalue weighted by atomic mass is 10.0. The third kappa shape index (κ3) is 3.67. The predicted molar refractivity (Wildman–Crippen MR) is 98.9 cm³/mol. The molecule has 1 aromatic carbocycles. The maximum Gasteiger partial charge on any atom is 0.213 e. The summed E-state index contributed by atoms with van der Waals surface area (Å²) in [5.41, 5.74) is 1.70. The number of halogens is 1. The van der Waals surface area contributed by atoms with Crippen molar-refractivity contribution >= 4 is 21.7 Å². The van der Waals surface area contributed by atoms with E-state index in [-0.39, 0.29) is 5.78 Å². The Labute approximate surface area is 154 Å². The summed E-state index contributed by atoms with van der Waals surface area (Å²) in [6, 6.07) is 10.9. The summed E-state index contributed by atoms with van der Waals surface area (Å²) >= 11 is 3.46. The number of benzene rings is 1. The third-order valence-electron chi connectivity index (χ3n) is 3.69. The highest BCUT2D eigenvalue weighted by Gasteiger charge is 2.20. The van der Waals surface area contributed by atoms with Crippen LogP contribution in [-0.2, 0) is 6.54 Å². The first kappa shape index (κ1) is 17.4. The topological polar surface area (TPSA) is 63.9 Å². The smallest absolute Gasteiger partial charge is 0.213 e. The van der Waals surface area contributed by atoms with Crippen LogP contribution in [0.5, 0.6) is 0 Å². The van der Waals surface area contributed by atoms with Crippen molar-refractivity contribution in [1.29, 1.82) is 0 Å². The van der Waals surface area contributed by atoms with Gasteiger partial charge in [-0.25, -0.2) is 0 Å². The SMILES string of the molecule is Cc1nnc(CN(C)C)n1-c1ccc(Br)cc1C(=O)c1ccccn1. The summed E-state index contributed by atoms with van der Waals surface area (Å²) < 4.78 is 2.75. The van der Waals surface area contributed by atoms with E-state index in [0.29, 0.717) is 17.8 Å². The molecule has 0 saturated heterocycles. The molecule has 2 aromatic heterocycles. The molecule has 0 N–H and O–H groups in total. The van der Waals surface area contributed by atoms with Crippen LogP contribution in [0.1, 0.15) is 27.7 Å². The molecule has 25 heavy (non-hydrogen) atoms. The maximum absolute atomic E-state index is 13.0. The Morgan fingerprint density at radius 1 is 1.20 bits per heavy atom. The van der Waals surface area contributed by atoms with E-state index in [9.17, 15) is 4.79 Å². The second kappa shape index (κ2) is 7.25. The van der Waals surface area contributed by atoms with Crippen molar-refractivity contribution in [3.8, 4) is 5.69 Å². The fourth-order valence-corrected chi connectivity index (χ4v) is 2.99. The van der Waals surface area contributed by atoms with Gasteiger partial charge in [0.05, 0.1) is 12.2 Å². The molecule has 0 aliphatic rings. The van der Waals surface area contributed by atoms with Crippen molar-refractivity contribution in [2.45, 2.75) is 13.5 Å². The second-order valence-corrected chi connectivity index (χ2v) is 6.86. The first-order valence-corrected chi connectivity index (χ1v) is 8.58. The van der Waals surface area contributed by atoms with Crippen molar-refractivity contribution < 1.29 is 4.79 Å². The summed E-state index contributed by atoms with van der Waals surface area (Å²) in [5.74, 6) is 1.37. The molecule has 0 aliphatic carbocycles. The Morgan fingerprint density at radius 2 is 2.00 bits per heavy atom. The van der Waals surface area contributed by atoms with Gasteiger partial charge in [0.15, 0.2) is 5.82 Å². The van der Waals surface area contributed by atoms with E-state index in [1.807, 2.05) is 48.7 Å². The normalized spacial score (nSPS) is 11.1. The van der Waals surface area contributed by atoms with Gasteiger partial charge in [-0.1, -0.05) is 22.0 Å². The lowest BCUT2D eigenvalue weighted by Gasteiger charge is -2.15. The molecule has 6 nitrogen and oxygen atoms in total. The average molecular weight is 400 g/mol. The van der Waals surface area contributed by atoms with E-state index < -0.39 is 0 Å². The van der Waals surface area contributed by atoms with Gasteiger partial charge in [-0.15, -0.1) is 10.2 Å². The summed E-state index contributed by atoms with van der Waals surface area (Å²) in [7, 11) is 3.94. The van der Waals surface area contributed by atoms with Crippen molar-refractivity contribution in [2.75, 3.05) is 14.1 Å². The highest BCUT2D eigenvalue weighted by Crippen LogP contribution is 2.24. The minimum absolute atomic E-state index is 0.138. The number of ketones is 1. The molecule has 0 amide bonds. The summed E-state index contributed by atoms with van der Waals surface area (Å²) in [6.45, 7) is 2.50. The molecule has 0 bridgehead atoms. The number of aromatic nitrogens is 4. The molecule has 0 aliphatic heterocycles. The highest BCUT2D eigenvalue weighted by molar-refractivity contribution is 9.10. The van der Waals surface area contributed by atoms with E-state index in [2.05, 4.69) is 31.1 Å². The highest BCUT2D eigenvalue weighted by atomic mass is 79.9. The molecule has 3 rings (SSSR count). The largest absolute Gasteiger partial charge is 0.302 e. The number of aryl methyl sites for hydroxylation is 1. The Kier molecular flexibility index (Phi) is 5.06. The average Bonchev–Trinajstić information content (AvgIpc) is 2.95. The van der Waals surface area contributed by atoms with Gasteiger partial charge in [0.1, 0.15) is 11.5 Å². The summed E-state index contributed by atoms with van der Waals surface area (Å²) in [5, 5.41) is 8.45. The Hall–Kier alpha value is -2.38. The molecule has 7 heteroatoms. The van der Waals surface area contributed by atoms with E-state index >= 15 is 0 Å². The molecule has 0 radical (unpaired) electrons. The molecule has 0 spiro atoms. The predicted octanol–water partition coefficient (Wildman–Crippen LogP) is 3.03. The summed E-state index contributed by atoms with van der Waals surface area (Å²) in [4.78, 5) is 19.2.